The van der Waals surface area contributed by atoms with Crippen LogP contribution in [0.5, 0.6) is 0 Å². The quantitative estimate of drug-likeness (QED) is 0.573. The topological polar surface area (TPSA) is 119 Å². The van der Waals surface area contributed by atoms with Crippen LogP contribution in [0, 0.1) is 6.92 Å². The van der Waals surface area contributed by atoms with Gasteiger partial charge in [0.15, 0.2) is 11.6 Å². The maximum absolute atomic E-state index is 12.1. The molecular weight excluding hydrogens is 408 g/mol. The van der Waals surface area contributed by atoms with E-state index in [1.807, 2.05) is 0 Å². The highest BCUT2D eigenvalue weighted by molar-refractivity contribution is 7.89. The van der Waals surface area contributed by atoms with E-state index in [2.05, 4.69) is 15.0 Å². The fourth-order valence-electron chi connectivity index (χ4n) is 2.09. The number of sulfonamides is 1. The third kappa shape index (κ3) is 6.63. The second-order valence-electron chi connectivity index (χ2n) is 5.95. The van der Waals surface area contributed by atoms with Crippen molar-refractivity contribution in [3.05, 3.63) is 46.9 Å². The standard InChI is InChI=1S/C17H21ClN4O5S/c1-12-21-16(10-22(12)2)28(25,26)20-8-7-17(24)27-11-15(23)19-9-13-3-5-14(18)6-4-13/h3-6,10,20H,7-9,11H2,1-2H3,(H,19,23). The molecule has 0 saturated heterocycles. The molecule has 152 valence electrons. The van der Waals surface area contributed by atoms with Gasteiger partial charge in [-0.25, -0.2) is 18.1 Å². The summed E-state index contributed by atoms with van der Waals surface area (Å²) in [6, 6.07) is 6.94. The van der Waals surface area contributed by atoms with Gasteiger partial charge in [0.2, 0.25) is 0 Å². The van der Waals surface area contributed by atoms with Crippen molar-refractivity contribution in [3.63, 3.8) is 0 Å². The largest absolute Gasteiger partial charge is 0.456 e. The molecule has 0 aliphatic heterocycles. The summed E-state index contributed by atoms with van der Waals surface area (Å²) in [6.45, 7) is 1.34. The molecule has 0 saturated carbocycles. The van der Waals surface area contributed by atoms with Crippen LogP contribution in [-0.2, 0) is 37.9 Å². The average molecular weight is 429 g/mol. The summed E-state index contributed by atoms with van der Waals surface area (Å²) >= 11 is 5.78. The molecule has 0 spiro atoms. The van der Waals surface area contributed by atoms with Gasteiger partial charge in [-0.05, 0) is 24.6 Å². The molecular formula is C17H21ClN4O5S. The van der Waals surface area contributed by atoms with Crippen molar-refractivity contribution >= 4 is 33.5 Å². The molecule has 1 aromatic heterocycles. The van der Waals surface area contributed by atoms with Crippen LogP contribution in [0.4, 0.5) is 0 Å². The maximum Gasteiger partial charge on any atom is 0.307 e. The predicted molar refractivity (Wildman–Crippen MR) is 102 cm³/mol. The number of rotatable bonds is 9. The molecule has 1 heterocycles. The van der Waals surface area contributed by atoms with Crippen LogP contribution in [-0.4, -0.2) is 43.0 Å². The van der Waals surface area contributed by atoms with Crippen molar-refractivity contribution in [1.29, 1.82) is 0 Å². The smallest absolute Gasteiger partial charge is 0.307 e. The van der Waals surface area contributed by atoms with Gasteiger partial charge in [0, 0.05) is 31.4 Å². The highest BCUT2D eigenvalue weighted by atomic mass is 35.5. The van der Waals surface area contributed by atoms with Crippen LogP contribution < -0.4 is 10.0 Å². The number of nitrogens with zero attached hydrogens (tertiary/aromatic N) is 2. The Morgan fingerprint density at radius 3 is 2.54 bits per heavy atom. The molecule has 0 bridgehead atoms. The van der Waals surface area contributed by atoms with E-state index in [0.29, 0.717) is 10.8 Å². The highest BCUT2D eigenvalue weighted by Gasteiger charge is 2.18. The Bertz CT molecular complexity index is 921. The fourth-order valence-corrected chi connectivity index (χ4v) is 3.28. The van der Waals surface area contributed by atoms with Crippen molar-refractivity contribution in [2.75, 3.05) is 13.2 Å². The van der Waals surface area contributed by atoms with E-state index in [4.69, 9.17) is 16.3 Å². The Balaban J connectivity index is 1.68. The lowest BCUT2D eigenvalue weighted by Crippen LogP contribution is -2.30. The number of aryl methyl sites for hydroxylation is 2. The first-order valence-electron chi connectivity index (χ1n) is 8.34. The first kappa shape index (κ1) is 21.9. The summed E-state index contributed by atoms with van der Waals surface area (Å²) in [5.41, 5.74) is 0.850. The molecule has 0 unspecified atom stereocenters. The zero-order chi connectivity index (χ0) is 20.7. The minimum atomic E-state index is -3.81. The molecule has 0 aliphatic rings. The van der Waals surface area contributed by atoms with E-state index >= 15 is 0 Å². The van der Waals surface area contributed by atoms with Gasteiger partial charge in [-0.1, -0.05) is 23.7 Å². The lowest BCUT2D eigenvalue weighted by atomic mass is 10.2. The zero-order valence-corrected chi connectivity index (χ0v) is 17.0. The van der Waals surface area contributed by atoms with Crippen LogP contribution in [0.2, 0.25) is 5.02 Å². The van der Waals surface area contributed by atoms with Crippen LogP contribution in [0.3, 0.4) is 0 Å². The molecule has 0 aliphatic carbocycles. The van der Waals surface area contributed by atoms with Gasteiger partial charge in [0.1, 0.15) is 5.82 Å². The minimum Gasteiger partial charge on any atom is -0.456 e. The molecule has 9 nitrogen and oxygen atoms in total. The van der Waals surface area contributed by atoms with Crippen molar-refractivity contribution in [1.82, 2.24) is 19.6 Å². The number of imidazole rings is 1. The molecule has 2 aromatic rings. The van der Waals surface area contributed by atoms with E-state index in [1.165, 1.54) is 6.20 Å². The number of carbonyl (C=O) groups is 2. The zero-order valence-electron chi connectivity index (χ0n) is 15.4. The summed E-state index contributed by atoms with van der Waals surface area (Å²) in [7, 11) is -2.13. The second kappa shape index (κ2) is 9.67. The van der Waals surface area contributed by atoms with Crippen molar-refractivity contribution in [3.8, 4) is 0 Å². The van der Waals surface area contributed by atoms with E-state index < -0.39 is 28.5 Å². The van der Waals surface area contributed by atoms with E-state index in [-0.39, 0.29) is 24.5 Å². The Hall–Kier alpha value is -2.43. The van der Waals surface area contributed by atoms with Crippen LogP contribution in [0.25, 0.3) is 0 Å². The van der Waals surface area contributed by atoms with Gasteiger partial charge < -0.3 is 14.6 Å². The molecule has 28 heavy (non-hydrogen) atoms. The number of carbonyl (C=O) groups excluding carboxylic acids is 2. The Morgan fingerprint density at radius 1 is 1.25 bits per heavy atom. The predicted octanol–water partition coefficient (Wildman–Crippen LogP) is 0.910. The summed E-state index contributed by atoms with van der Waals surface area (Å²) in [5, 5.41) is 3.07. The first-order chi connectivity index (χ1) is 13.2. The van der Waals surface area contributed by atoms with E-state index in [9.17, 15) is 18.0 Å². The van der Waals surface area contributed by atoms with Crippen molar-refractivity contribution < 1.29 is 22.7 Å². The average Bonchev–Trinajstić information content (AvgIpc) is 2.99. The van der Waals surface area contributed by atoms with Gasteiger partial charge in [-0.15, -0.1) is 0 Å². The lowest BCUT2D eigenvalue weighted by molar-refractivity contribution is -0.148. The SMILES string of the molecule is Cc1nc(S(=O)(=O)NCCC(=O)OCC(=O)NCc2ccc(Cl)cc2)cn1C. The number of esters is 1. The van der Waals surface area contributed by atoms with Gasteiger partial charge in [-0.3, -0.25) is 9.59 Å². The number of nitrogens with one attached hydrogen (secondary N) is 2. The summed E-state index contributed by atoms with van der Waals surface area (Å²) in [5.74, 6) is -0.612. The Kier molecular flexibility index (Phi) is 7.55. The number of aromatic nitrogens is 2. The monoisotopic (exact) mass is 428 g/mol. The lowest BCUT2D eigenvalue weighted by Gasteiger charge is -2.07. The Labute approximate surface area is 168 Å². The molecule has 1 aromatic carbocycles. The van der Waals surface area contributed by atoms with Gasteiger partial charge in [-0.2, -0.15) is 0 Å². The molecule has 2 N–H and O–H groups in total. The Morgan fingerprint density at radius 2 is 1.93 bits per heavy atom. The number of hydrogen-bond donors (Lipinski definition) is 2. The number of ether oxygens (including phenoxy) is 1. The van der Waals surface area contributed by atoms with Crippen LogP contribution in [0.15, 0.2) is 35.5 Å². The number of halogens is 1. The second-order valence-corrected chi connectivity index (χ2v) is 8.10. The number of amides is 1. The van der Waals surface area contributed by atoms with E-state index in [0.717, 1.165) is 5.56 Å². The number of benzene rings is 1. The normalized spacial score (nSPS) is 11.2. The van der Waals surface area contributed by atoms with E-state index in [1.54, 1.807) is 42.8 Å². The summed E-state index contributed by atoms with van der Waals surface area (Å²) < 4.78 is 32.8. The highest BCUT2D eigenvalue weighted by Crippen LogP contribution is 2.09. The van der Waals surface area contributed by atoms with Crippen molar-refractivity contribution in [2.24, 2.45) is 7.05 Å². The summed E-state index contributed by atoms with van der Waals surface area (Å²) in [6.07, 6.45) is 1.16. The first-order valence-corrected chi connectivity index (χ1v) is 10.2. The number of hydrogen-bond acceptors (Lipinski definition) is 6. The van der Waals surface area contributed by atoms with Gasteiger partial charge in [0.05, 0.1) is 6.42 Å². The third-order valence-corrected chi connectivity index (χ3v) is 5.33. The van der Waals surface area contributed by atoms with Crippen LogP contribution >= 0.6 is 11.6 Å². The molecule has 0 fully saturated rings. The van der Waals surface area contributed by atoms with Gasteiger partial charge in [0.25, 0.3) is 15.9 Å². The summed E-state index contributed by atoms with van der Waals surface area (Å²) in [4.78, 5) is 27.3. The molecule has 1 amide bonds. The fraction of sp³-hybridized carbons (Fsp3) is 0.353. The van der Waals surface area contributed by atoms with Crippen LogP contribution in [0.1, 0.15) is 17.8 Å². The van der Waals surface area contributed by atoms with Crippen molar-refractivity contribution in [2.45, 2.75) is 24.9 Å². The molecule has 2 rings (SSSR count). The molecule has 11 heteroatoms. The third-order valence-electron chi connectivity index (χ3n) is 3.75. The molecule has 0 radical (unpaired) electrons. The van der Waals surface area contributed by atoms with Gasteiger partial charge >= 0.3 is 5.97 Å². The molecule has 0 atom stereocenters. The maximum atomic E-state index is 12.1. The minimum absolute atomic E-state index is 0.123.